The van der Waals surface area contributed by atoms with E-state index in [1.54, 1.807) is 7.11 Å². The summed E-state index contributed by atoms with van der Waals surface area (Å²) < 4.78 is 7.46. The van der Waals surface area contributed by atoms with Crippen molar-refractivity contribution in [2.45, 2.75) is 6.42 Å². The van der Waals surface area contributed by atoms with Crippen molar-refractivity contribution in [2.24, 2.45) is 0 Å². The molecular formula is C17H14NO+. The Hall–Kier alpha value is -2.35. The zero-order valence-corrected chi connectivity index (χ0v) is 10.8. The summed E-state index contributed by atoms with van der Waals surface area (Å²) in [6, 6.07) is 15.0. The largest absolute Gasteiger partial charge is 0.496 e. The molecule has 0 fully saturated rings. The first-order valence-corrected chi connectivity index (χ1v) is 6.45. The molecule has 92 valence electrons. The van der Waals surface area contributed by atoms with Gasteiger partial charge in [-0.2, -0.15) is 4.40 Å². The van der Waals surface area contributed by atoms with Gasteiger partial charge in [0.1, 0.15) is 5.75 Å². The molecule has 1 aliphatic carbocycles. The molecule has 0 bridgehead atoms. The summed E-state index contributed by atoms with van der Waals surface area (Å²) in [7, 11) is 1.70. The van der Waals surface area contributed by atoms with Gasteiger partial charge in [-0.15, -0.1) is 0 Å². The van der Waals surface area contributed by atoms with Crippen LogP contribution in [0.1, 0.15) is 11.1 Å². The van der Waals surface area contributed by atoms with Gasteiger partial charge in [-0.05, 0) is 16.7 Å². The van der Waals surface area contributed by atoms with Crippen LogP contribution in [-0.2, 0) is 6.42 Å². The van der Waals surface area contributed by atoms with Crippen LogP contribution in [0.2, 0.25) is 0 Å². The Morgan fingerprint density at radius 1 is 1.00 bits per heavy atom. The lowest BCUT2D eigenvalue weighted by Crippen LogP contribution is -2.21. The van der Waals surface area contributed by atoms with E-state index in [9.17, 15) is 0 Å². The molecule has 0 atom stereocenters. The number of hydrogen-bond acceptors (Lipinski definition) is 1. The molecule has 0 spiro atoms. The van der Waals surface area contributed by atoms with Crippen LogP contribution in [-0.4, -0.2) is 7.11 Å². The molecule has 3 aromatic rings. The number of rotatable bonds is 1. The van der Waals surface area contributed by atoms with Crippen molar-refractivity contribution >= 4 is 5.52 Å². The molecule has 0 saturated heterocycles. The standard InChI is InChI=1S/C17H14NO/c1-19-15-6-7-18-11-13-8-12-4-2-3-5-16(12)17(13)10-14(18)9-15/h2-7,9-11H,8H2,1H3/q+1. The maximum atomic E-state index is 5.30. The highest BCUT2D eigenvalue weighted by Crippen LogP contribution is 2.36. The van der Waals surface area contributed by atoms with Crippen molar-refractivity contribution in [1.82, 2.24) is 0 Å². The highest BCUT2D eigenvalue weighted by atomic mass is 16.5. The van der Waals surface area contributed by atoms with Crippen LogP contribution in [0.4, 0.5) is 0 Å². The van der Waals surface area contributed by atoms with E-state index in [0.717, 1.165) is 17.7 Å². The summed E-state index contributed by atoms with van der Waals surface area (Å²) in [6.07, 6.45) is 5.31. The second kappa shape index (κ2) is 3.82. The summed E-state index contributed by atoms with van der Waals surface area (Å²) in [4.78, 5) is 0. The van der Waals surface area contributed by atoms with E-state index < -0.39 is 0 Å². The topological polar surface area (TPSA) is 13.3 Å². The highest BCUT2D eigenvalue weighted by Gasteiger charge is 2.21. The van der Waals surface area contributed by atoms with Gasteiger partial charge in [0.25, 0.3) is 0 Å². The maximum absolute atomic E-state index is 5.30. The second-order valence-corrected chi connectivity index (χ2v) is 4.94. The molecule has 0 radical (unpaired) electrons. The summed E-state index contributed by atoms with van der Waals surface area (Å²) >= 11 is 0. The van der Waals surface area contributed by atoms with Gasteiger partial charge >= 0.3 is 0 Å². The number of fused-ring (bicyclic) bond motifs is 4. The zero-order chi connectivity index (χ0) is 12.8. The zero-order valence-electron chi connectivity index (χ0n) is 10.8. The van der Waals surface area contributed by atoms with Crippen LogP contribution in [0.15, 0.2) is 54.9 Å². The Balaban J connectivity index is 1.99. The van der Waals surface area contributed by atoms with Crippen molar-refractivity contribution in [3.8, 4) is 16.9 Å². The highest BCUT2D eigenvalue weighted by molar-refractivity contribution is 5.78. The smallest absolute Gasteiger partial charge is 0.214 e. The van der Waals surface area contributed by atoms with Crippen LogP contribution in [0, 0.1) is 0 Å². The maximum Gasteiger partial charge on any atom is 0.214 e. The van der Waals surface area contributed by atoms with Crippen molar-refractivity contribution in [1.29, 1.82) is 0 Å². The van der Waals surface area contributed by atoms with E-state index in [-0.39, 0.29) is 0 Å². The van der Waals surface area contributed by atoms with Crippen molar-refractivity contribution in [3.05, 3.63) is 66.0 Å². The first-order chi connectivity index (χ1) is 9.35. The Labute approximate surface area is 111 Å². The Kier molecular flexibility index (Phi) is 2.12. The minimum Gasteiger partial charge on any atom is -0.496 e. The average Bonchev–Trinajstić information content (AvgIpc) is 2.82. The monoisotopic (exact) mass is 248 g/mol. The van der Waals surface area contributed by atoms with Gasteiger partial charge in [-0.1, -0.05) is 24.3 Å². The molecule has 2 nitrogen and oxygen atoms in total. The molecule has 0 saturated carbocycles. The predicted molar refractivity (Wildman–Crippen MR) is 74.4 cm³/mol. The van der Waals surface area contributed by atoms with Crippen molar-refractivity contribution in [2.75, 3.05) is 7.11 Å². The number of nitrogens with zero attached hydrogens (tertiary/aromatic N) is 1. The number of ether oxygens (including phenoxy) is 1. The van der Waals surface area contributed by atoms with Crippen LogP contribution in [0.25, 0.3) is 16.6 Å². The van der Waals surface area contributed by atoms with Gasteiger partial charge in [0.15, 0.2) is 12.4 Å². The molecule has 0 unspecified atom stereocenters. The molecule has 0 amide bonds. The van der Waals surface area contributed by atoms with Gasteiger partial charge in [0, 0.05) is 24.1 Å². The number of aromatic nitrogens is 1. The molecule has 2 heteroatoms. The Morgan fingerprint density at radius 2 is 1.89 bits per heavy atom. The predicted octanol–water partition coefficient (Wildman–Crippen LogP) is 3.01. The summed E-state index contributed by atoms with van der Waals surface area (Å²) in [6.45, 7) is 0. The van der Waals surface area contributed by atoms with E-state index in [4.69, 9.17) is 4.74 Å². The minimum atomic E-state index is 0.895. The fourth-order valence-corrected chi connectivity index (χ4v) is 2.88. The summed E-state index contributed by atoms with van der Waals surface area (Å²) in [5, 5.41) is 0. The van der Waals surface area contributed by atoms with E-state index in [0.29, 0.717) is 0 Å². The number of methoxy groups -OCH3 is 1. The number of pyridine rings is 2. The lowest BCUT2D eigenvalue weighted by molar-refractivity contribution is -0.512. The van der Waals surface area contributed by atoms with Gasteiger partial charge in [0.05, 0.1) is 13.2 Å². The van der Waals surface area contributed by atoms with E-state index >= 15 is 0 Å². The Morgan fingerprint density at radius 3 is 2.79 bits per heavy atom. The lowest BCUT2D eigenvalue weighted by Gasteiger charge is -2.01. The molecule has 1 aliphatic rings. The number of hydrogen-bond donors (Lipinski definition) is 0. The first-order valence-electron chi connectivity index (χ1n) is 6.45. The average molecular weight is 248 g/mol. The SMILES string of the molecule is COc1cc[n+]2cc3c(cc2c1)-c1ccccc1C3. The molecule has 2 heterocycles. The van der Waals surface area contributed by atoms with Crippen LogP contribution in [0.3, 0.4) is 0 Å². The molecule has 4 rings (SSSR count). The molecular weight excluding hydrogens is 234 g/mol. The molecule has 19 heavy (non-hydrogen) atoms. The fraction of sp³-hybridized carbons (Fsp3) is 0.118. The third-order valence-corrected chi connectivity index (χ3v) is 3.84. The second-order valence-electron chi connectivity index (χ2n) is 4.94. The van der Waals surface area contributed by atoms with Crippen molar-refractivity contribution in [3.63, 3.8) is 0 Å². The fourth-order valence-electron chi connectivity index (χ4n) is 2.88. The lowest BCUT2D eigenvalue weighted by atomic mass is 10.1. The van der Waals surface area contributed by atoms with Crippen LogP contribution >= 0.6 is 0 Å². The number of benzene rings is 1. The van der Waals surface area contributed by atoms with E-state index in [1.807, 2.05) is 6.07 Å². The summed E-state index contributed by atoms with van der Waals surface area (Å²) in [5.74, 6) is 0.895. The summed E-state index contributed by atoms with van der Waals surface area (Å²) in [5.41, 5.74) is 6.69. The van der Waals surface area contributed by atoms with Crippen molar-refractivity contribution < 1.29 is 9.14 Å². The van der Waals surface area contributed by atoms with Gasteiger partial charge in [-0.25, -0.2) is 0 Å². The van der Waals surface area contributed by atoms with Gasteiger partial charge in [0.2, 0.25) is 5.52 Å². The molecule has 0 aliphatic heterocycles. The minimum absolute atomic E-state index is 0.895. The van der Waals surface area contributed by atoms with E-state index in [2.05, 4.69) is 53.2 Å². The molecule has 2 aromatic heterocycles. The van der Waals surface area contributed by atoms with Crippen LogP contribution in [0.5, 0.6) is 5.75 Å². The van der Waals surface area contributed by atoms with Gasteiger partial charge < -0.3 is 4.74 Å². The van der Waals surface area contributed by atoms with E-state index in [1.165, 1.54) is 22.3 Å². The van der Waals surface area contributed by atoms with Gasteiger partial charge in [-0.3, -0.25) is 0 Å². The molecule has 0 N–H and O–H groups in total. The third kappa shape index (κ3) is 1.53. The normalized spacial score (nSPS) is 12.3. The third-order valence-electron chi connectivity index (χ3n) is 3.84. The Bertz CT molecular complexity index is 792. The first kappa shape index (κ1) is 10.6. The van der Waals surface area contributed by atoms with Crippen LogP contribution < -0.4 is 9.14 Å². The molecule has 1 aromatic carbocycles. The quantitative estimate of drug-likeness (QED) is 0.472.